The predicted molar refractivity (Wildman–Crippen MR) is 60.8 cm³/mol. The van der Waals surface area contributed by atoms with Gasteiger partial charge in [-0.25, -0.2) is 4.39 Å². The monoisotopic (exact) mass is 247 g/mol. The second-order valence-corrected chi connectivity index (χ2v) is 4.47. The summed E-state index contributed by atoms with van der Waals surface area (Å²) >= 11 is 5.69. The van der Waals surface area contributed by atoms with Crippen LogP contribution < -0.4 is 5.32 Å². The van der Waals surface area contributed by atoms with Gasteiger partial charge in [-0.05, 0) is 30.7 Å². The van der Waals surface area contributed by atoms with Crippen molar-refractivity contribution < 1.29 is 14.6 Å². The Morgan fingerprint density at radius 1 is 1.44 bits per heavy atom. The van der Waals surface area contributed by atoms with Gasteiger partial charge in [0, 0.05) is 18.1 Å². The summed E-state index contributed by atoms with van der Waals surface area (Å²) in [7, 11) is 0. The van der Waals surface area contributed by atoms with E-state index in [0.717, 1.165) is 0 Å². The summed E-state index contributed by atoms with van der Waals surface area (Å²) in [5.41, 5.74) is -0.476. The van der Waals surface area contributed by atoms with E-state index in [1.165, 1.54) is 19.1 Å². The molecule has 0 bridgehead atoms. The molecular formula is C11H15ClFNO2. The zero-order valence-corrected chi connectivity index (χ0v) is 9.76. The fourth-order valence-corrected chi connectivity index (χ4v) is 1.49. The quantitative estimate of drug-likeness (QED) is 0.736. The van der Waals surface area contributed by atoms with Gasteiger partial charge in [0.05, 0.1) is 12.2 Å². The van der Waals surface area contributed by atoms with Crippen molar-refractivity contribution in [1.82, 2.24) is 5.32 Å². The van der Waals surface area contributed by atoms with Crippen LogP contribution in [0.3, 0.4) is 0 Å². The maximum absolute atomic E-state index is 13.0. The SMILES string of the molecule is CC(O)(CO)CNCc1cc(F)cc(Cl)c1. The molecule has 90 valence electrons. The van der Waals surface area contributed by atoms with Gasteiger partial charge < -0.3 is 15.5 Å². The number of halogens is 2. The standard InChI is InChI=1S/C11H15ClFNO2/c1-11(16,7-15)6-14-5-8-2-9(12)4-10(13)3-8/h2-4,14-16H,5-7H2,1H3. The van der Waals surface area contributed by atoms with Gasteiger partial charge in [-0.1, -0.05) is 11.6 Å². The van der Waals surface area contributed by atoms with Gasteiger partial charge in [-0.2, -0.15) is 0 Å². The molecule has 1 aromatic rings. The van der Waals surface area contributed by atoms with E-state index in [4.69, 9.17) is 16.7 Å². The van der Waals surface area contributed by atoms with Crippen LogP contribution in [-0.2, 0) is 6.54 Å². The number of benzene rings is 1. The Balaban J connectivity index is 2.49. The number of hydrogen-bond donors (Lipinski definition) is 3. The summed E-state index contributed by atoms with van der Waals surface area (Å²) in [5, 5.41) is 21.6. The van der Waals surface area contributed by atoms with Crippen molar-refractivity contribution >= 4 is 11.6 Å². The molecule has 0 aliphatic rings. The molecule has 3 nitrogen and oxygen atoms in total. The van der Waals surface area contributed by atoms with E-state index in [2.05, 4.69) is 5.32 Å². The zero-order chi connectivity index (χ0) is 12.2. The van der Waals surface area contributed by atoms with E-state index >= 15 is 0 Å². The van der Waals surface area contributed by atoms with E-state index in [-0.39, 0.29) is 13.2 Å². The third-order valence-electron chi connectivity index (χ3n) is 2.10. The number of hydrogen-bond acceptors (Lipinski definition) is 3. The molecule has 0 aliphatic carbocycles. The molecule has 0 radical (unpaired) electrons. The summed E-state index contributed by atoms with van der Waals surface area (Å²) < 4.78 is 13.0. The Hall–Kier alpha value is -0.680. The predicted octanol–water partition coefficient (Wildman–Crippen LogP) is 1.31. The largest absolute Gasteiger partial charge is 0.393 e. The van der Waals surface area contributed by atoms with Gasteiger partial charge in [0.15, 0.2) is 0 Å². The van der Waals surface area contributed by atoms with Gasteiger partial charge >= 0.3 is 0 Å². The summed E-state index contributed by atoms with van der Waals surface area (Å²) in [6.07, 6.45) is 0. The summed E-state index contributed by atoms with van der Waals surface area (Å²) in [4.78, 5) is 0. The lowest BCUT2D eigenvalue weighted by molar-refractivity contribution is 0.00254. The molecule has 1 aromatic carbocycles. The summed E-state index contributed by atoms with van der Waals surface area (Å²) in [6.45, 7) is 1.79. The van der Waals surface area contributed by atoms with Crippen molar-refractivity contribution in [2.24, 2.45) is 0 Å². The number of aliphatic hydroxyl groups excluding tert-OH is 1. The van der Waals surface area contributed by atoms with E-state index in [1.807, 2.05) is 0 Å². The molecule has 16 heavy (non-hydrogen) atoms. The molecule has 0 saturated carbocycles. The van der Waals surface area contributed by atoms with Gasteiger partial charge in [0.1, 0.15) is 5.82 Å². The average Bonchev–Trinajstić information content (AvgIpc) is 2.16. The summed E-state index contributed by atoms with van der Waals surface area (Å²) in [5.74, 6) is -0.391. The first kappa shape index (κ1) is 13.4. The van der Waals surface area contributed by atoms with Crippen molar-refractivity contribution in [3.63, 3.8) is 0 Å². The van der Waals surface area contributed by atoms with Crippen LogP contribution in [0.2, 0.25) is 5.02 Å². The fourth-order valence-electron chi connectivity index (χ4n) is 1.25. The maximum Gasteiger partial charge on any atom is 0.125 e. The molecular weight excluding hydrogens is 233 g/mol. The van der Waals surface area contributed by atoms with Crippen LogP contribution >= 0.6 is 11.6 Å². The van der Waals surface area contributed by atoms with Gasteiger partial charge in [0.2, 0.25) is 0 Å². The molecule has 5 heteroatoms. The van der Waals surface area contributed by atoms with Gasteiger partial charge in [-0.3, -0.25) is 0 Å². The molecule has 0 aliphatic heterocycles. The smallest absolute Gasteiger partial charge is 0.125 e. The number of rotatable bonds is 5. The van der Waals surface area contributed by atoms with Crippen molar-refractivity contribution in [3.05, 3.63) is 34.6 Å². The minimum absolute atomic E-state index is 0.220. The topological polar surface area (TPSA) is 52.5 Å². The first-order valence-electron chi connectivity index (χ1n) is 4.92. The lowest BCUT2D eigenvalue weighted by Gasteiger charge is -2.20. The molecule has 1 atom stereocenters. The van der Waals surface area contributed by atoms with Crippen molar-refractivity contribution in [2.45, 2.75) is 19.1 Å². The first-order valence-corrected chi connectivity index (χ1v) is 5.30. The highest BCUT2D eigenvalue weighted by molar-refractivity contribution is 6.30. The molecule has 0 fully saturated rings. The molecule has 0 saturated heterocycles. The van der Waals surface area contributed by atoms with Crippen LogP contribution in [0.5, 0.6) is 0 Å². The van der Waals surface area contributed by atoms with E-state index in [1.54, 1.807) is 6.07 Å². The molecule has 0 spiro atoms. The third-order valence-corrected chi connectivity index (χ3v) is 2.32. The molecule has 0 amide bonds. The highest BCUT2D eigenvalue weighted by Gasteiger charge is 2.17. The van der Waals surface area contributed by atoms with Crippen LogP contribution in [-0.4, -0.2) is 29.0 Å². The molecule has 0 aromatic heterocycles. The molecule has 0 heterocycles. The van der Waals surface area contributed by atoms with Crippen LogP contribution in [0, 0.1) is 5.82 Å². The second-order valence-electron chi connectivity index (χ2n) is 4.04. The van der Waals surface area contributed by atoms with Crippen molar-refractivity contribution in [1.29, 1.82) is 0 Å². The highest BCUT2D eigenvalue weighted by Crippen LogP contribution is 2.14. The minimum Gasteiger partial charge on any atom is -0.393 e. The second kappa shape index (κ2) is 5.59. The van der Waals surface area contributed by atoms with Crippen LogP contribution in [0.15, 0.2) is 18.2 Å². The number of aliphatic hydroxyl groups is 2. The van der Waals surface area contributed by atoms with Crippen LogP contribution in [0.4, 0.5) is 4.39 Å². The van der Waals surface area contributed by atoms with E-state index < -0.39 is 11.4 Å². The van der Waals surface area contributed by atoms with E-state index in [0.29, 0.717) is 17.1 Å². The Morgan fingerprint density at radius 2 is 2.12 bits per heavy atom. The normalized spacial score (nSPS) is 14.8. The Kier molecular flexibility index (Phi) is 4.68. The minimum atomic E-state index is -1.17. The molecule has 3 N–H and O–H groups in total. The van der Waals surface area contributed by atoms with E-state index in [9.17, 15) is 9.50 Å². The Morgan fingerprint density at radius 3 is 2.69 bits per heavy atom. The van der Waals surface area contributed by atoms with Crippen molar-refractivity contribution in [2.75, 3.05) is 13.2 Å². The van der Waals surface area contributed by atoms with Gasteiger partial charge in [-0.15, -0.1) is 0 Å². The summed E-state index contributed by atoms with van der Waals surface area (Å²) in [6, 6.07) is 4.24. The van der Waals surface area contributed by atoms with Crippen LogP contribution in [0.1, 0.15) is 12.5 Å². The number of nitrogens with one attached hydrogen (secondary N) is 1. The lowest BCUT2D eigenvalue weighted by Crippen LogP contribution is -2.40. The molecule has 1 unspecified atom stereocenters. The average molecular weight is 248 g/mol. The maximum atomic E-state index is 13.0. The fraction of sp³-hybridized carbons (Fsp3) is 0.455. The Labute approximate surface area is 98.9 Å². The van der Waals surface area contributed by atoms with Crippen molar-refractivity contribution in [3.8, 4) is 0 Å². The molecule has 1 rings (SSSR count). The van der Waals surface area contributed by atoms with Crippen LogP contribution in [0.25, 0.3) is 0 Å². The van der Waals surface area contributed by atoms with Gasteiger partial charge in [0.25, 0.3) is 0 Å². The lowest BCUT2D eigenvalue weighted by atomic mass is 10.1. The first-order chi connectivity index (χ1) is 7.43. The third kappa shape index (κ3) is 4.45. The Bertz CT molecular complexity index is 338. The zero-order valence-electron chi connectivity index (χ0n) is 9.00. The highest BCUT2D eigenvalue weighted by atomic mass is 35.5.